The Hall–Kier alpha value is -2.12. The van der Waals surface area contributed by atoms with E-state index in [4.69, 9.17) is 16.9 Å². The fourth-order valence-electron chi connectivity index (χ4n) is 2.62. The number of benzene rings is 1. The van der Waals surface area contributed by atoms with E-state index in [0.717, 1.165) is 18.2 Å². The van der Waals surface area contributed by atoms with E-state index in [1.54, 1.807) is 11.0 Å². The molecule has 2 aromatic rings. The van der Waals surface area contributed by atoms with Gasteiger partial charge in [0.05, 0.1) is 17.1 Å². The summed E-state index contributed by atoms with van der Waals surface area (Å²) < 4.78 is 0. The number of rotatable bonds is 1. The molecule has 0 N–H and O–H groups in total. The minimum atomic E-state index is -0.340. The second kappa shape index (κ2) is 5.10. The SMILES string of the molecule is N#CC1CCCN1C(=O)c1cc(Cl)nc2ccccc12. The second-order valence-corrected chi connectivity index (χ2v) is 5.18. The van der Waals surface area contributed by atoms with Crippen LogP contribution < -0.4 is 0 Å². The molecule has 1 aliphatic rings. The van der Waals surface area contributed by atoms with Crippen molar-refractivity contribution in [1.82, 2.24) is 9.88 Å². The van der Waals surface area contributed by atoms with Crippen LogP contribution in [0.3, 0.4) is 0 Å². The first-order valence-electron chi connectivity index (χ1n) is 6.46. The van der Waals surface area contributed by atoms with Gasteiger partial charge in [-0.3, -0.25) is 4.79 Å². The molecule has 100 valence electrons. The Kier molecular flexibility index (Phi) is 3.29. The van der Waals surface area contributed by atoms with Crippen molar-refractivity contribution < 1.29 is 4.79 Å². The van der Waals surface area contributed by atoms with Crippen LogP contribution in [0.5, 0.6) is 0 Å². The number of hydrogen-bond acceptors (Lipinski definition) is 3. The molecule has 5 heteroatoms. The summed E-state index contributed by atoms with van der Waals surface area (Å²) in [6.45, 7) is 0.616. The molecule has 20 heavy (non-hydrogen) atoms. The van der Waals surface area contributed by atoms with Crippen molar-refractivity contribution in [2.75, 3.05) is 6.54 Å². The summed E-state index contributed by atoms with van der Waals surface area (Å²) in [6.07, 6.45) is 1.60. The van der Waals surface area contributed by atoms with Gasteiger partial charge in [-0.15, -0.1) is 0 Å². The topological polar surface area (TPSA) is 57.0 Å². The lowest BCUT2D eigenvalue weighted by Crippen LogP contribution is -2.34. The quantitative estimate of drug-likeness (QED) is 0.757. The fraction of sp³-hybridized carbons (Fsp3) is 0.267. The maximum atomic E-state index is 12.7. The largest absolute Gasteiger partial charge is 0.323 e. The van der Waals surface area contributed by atoms with E-state index >= 15 is 0 Å². The number of nitriles is 1. The minimum Gasteiger partial charge on any atom is -0.323 e. The highest BCUT2D eigenvalue weighted by molar-refractivity contribution is 6.30. The molecule has 1 aromatic carbocycles. The van der Waals surface area contributed by atoms with Crippen LogP contribution in [0, 0.1) is 11.3 Å². The Bertz CT molecular complexity index is 723. The van der Waals surface area contributed by atoms with E-state index in [9.17, 15) is 4.79 Å². The van der Waals surface area contributed by atoms with E-state index in [-0.39, 0.29) is 11.9 Å². The van der Waals surface area contributed by atoms with Crippen LogP contribution in [0.1, 0.15) is 23.2 Å². The summed E-state index contributed by atoms with van der Waals surface area (Å²) in [7, 11) is 0. The van der Waals surface area contributed by atoms with Crippen molar-refractivity contribution in [2.45, 2.75) is 18.9 Å². The molecule has 4 nitrogen and oxygen atoms in total. The second-order valence-electron chi connectivity index (χ2n) is 4.80. The third-order valence-electron chi connectivity index (χ3n) is 3.58. The summed E-state index contributed by atoms with van der Waals surface area (Å²) in [4.78, 5) is 18.5. The number of pyridine rings is 1. The van der Waals surface area contributed by atoms with Gasteiger partial charge in [-0.05, 0) is 25.0 Å². The molecule has 0 radical (unpaired) electrons. The van der Waals surface area contributed by atoms with Crippen molar-refractivity contribution in [1.29, 1.82) is 5.26 Å². The summed E-state index contributed by atoms with van der Waals surface area (Å²) in [5.41, 5.74) is 1.21. The summed E-state index contributed by atoms with van der Waals surface area (Å²) in [5.74, 6) is -0.144. The van der Waals surface area contributed by atoms with Crippen LogP contribution in [-0.4, -0.2) is 28.4 Å². The Morgan fingerprint density at radius 1 is 1.45 bits per heavy atom. The number of carbonyl (C=O) groups excluding carboxylic acids is 1. The van der Waals surface area contributed by atoms with Crippen molar-refractivity contribution in [2.24, 2.45) is 0 Å². The maximum Gasteiger partial charge on any atom is 0.255 e. The van der Waals surface area contributed by atoms with Gasteiger partial charge in [-0.2, -0.15) is 5.26 Å². The Balaban J connectivity index is 2.10. The number of nitrogens with zero attached hydrogens (tertiary/aromatic N) is 3. The first-order valence-corrected chi connectivity index (χ1v) is 6.84. The molecule has 0 aliphatic carbocycles. The van der Waals surface area contributed by atoms with Gasteiger partial charge in [-0.1, -0.05) is 29.8 Å². The lowest BCUT2D eigenvalue weighted by Gasteiger charge is -2.20. The van der Waals surface area contributed by atoms with Crippen LogP contribution in [0.4, 0.5) is 0 Å². The minimum absolute atomic E-state index is 0.144. The molecule has 3 rings (SSSR count). The first-order chi connectivity index (χ1) is 9.70. The molecule has 1 fully saturated rings. The van der Waals surface area contributed by atoms with E-state index in [2.05, 4.69) is 11.1 Å². The lowest BCUT2D eigenvalue weighted by atomic mass is 10.1. The van der Waals surface area contributed by atoms with Crippen LogP contribution in [-0.2, 0) is 0 Å². The molecule has 0 bridgehead atoms. The standard InChI is InChI=1S/C15H12ClN3O/c16-14-8-12(11-5-1-2-6-13(11)18-14)15(20)19-7-3-4-10(19)9-17/h1-2,5-6,8,10H,3-4,7H2. The summed E-state index contributed by atoms with van der Waals surface area (Å²) in [5, 5.41) is 10.2. The van der Waals surface area contributed by atoms with Gasteiger partial charge < -0.3 is 4.90 Å². The lowest BCUT2D eigenvalue weighted by molar-refractivity contribution is 0.0767. The van der Waals surface area contributed by atoms with E-state index in [1.165, 1.54) is 0 Å². The number of fused-ring (bicyclic) bond motifs is 1. The van der Waals surface area contributed by atoms with Crippen molar-refractivity contribution >= 4 is 28.4 Å². The van der Waals surface area contributed by atoms with E-state index in [0.29, 0.717) is 22.8 Å². The van der Waals surface area contributed by atoms with Gasteiger partial charge in [0, 0.05) is 11.9 Å². The molecule has 1 aliphatic heterocycles. The molecular weight excluding hydrogens is 274 g/mol. The normalized spacial score (nSPS) is 18.2. The van der Waals surface area contributed by atoms with Crippen LogP contribution in [0.15, 0.2) is 30.3 Å². The molecule has 0 saturated carbocycles. The van der Waals surface area contributed by atoms with Crippen molar-refractivity contribution in [3.8, 4) is 6.07 Å². The average Bonchev–Trinajstić information content (AvgIpc) is 2.94. The van der Waals surface area contributed by atoms with Crippen molar-refractivity contribution in [3.63, 3.8) is 0 Å². The van der Waals surface area contributed by atoms with Crippen LogP contribution >= 0.6 is 11.6 Å². The van der Waals surface area contributed by atoms with Gasteiger partial charge in [0.2, 0.25) is 0 Å². The van der Waals surface area contributed by atoms with Crippen molar-refractivity contribution in [3.05, 3.63) is 41.0 Å². The Labute approximate surface area is 121 Å². The molecule has 1 unspecified atom stereocenters. The molecule has 1 saturated heterocycles. The fourth-order valence-corrected chi connectivity index (χ4v) is 2.82. The van der Waals surface area contributed by atoms with Gasteiger partial charge in [0.15, 0.2) is 0 Å². The number of halogens is 1. The third kappa shape index (κ3) is 2.10. The number of hydrogen-bond donors (Lipinski definition) is 0. The van der Waals surface area contributed by atoms with E-state index in [1.807, 2.05) is 24.3 Å². The number of likely N-dealkylation sites (tertiary alicyclic amines) is 1. The predicted molar refractivity (Wildman–Crippen MR) is 76.4 cm³/mol. The third-order valence-corrected chi connectivity index (χ3v) is 3.77. The van der Waals surface area contributed by atoms with Crippen LogP contribution in [0.25, 0.3) is 10.9 Å². The molecule has 1 atom stereocenters. The average molecular weight is 286 g/mol. The zero-order valence-corrected chi connectivity index (χ0v) is 11.5. The van der Waals surface area contributed by atoms with Gasteiger partial charge in [0.25, 0.3) is 5.91 Å². The zero-order chi connectivity index (χ0) is 14.1. The highest BCUT2D eigenvalue weighted by Gasteiger charge is 2.30. The zero-order valence-electron chi connectivity index (χ0n) is 10.7. The summed E-state index contributed by atoms with van der Waals surface area (Å²) >= 11 is 6.00. The summed E-state index contributed by atoms with van der Waals surface area (Å²) in [6, 6.07) is 10.8. The molecular formula is C15H12ClN3O. The van der Waals surface area contributed by atoms with E-state index < -0.39 is 0 Å². The number of amides is 1. The highest BCUT2D eigenvalue weighted by atomic mass is 35.5. The monoisotopic (exact) mass is 285 g/mol. The molecule has 1 aromatic heterocycles. The number of aromatic nitrogens is 1. The maximum absolute atomic E-state index is 12.7. The Morgan fingerprint density at radius 2 is 2.25 bits per heavy atom. The van der Waals surface area contributed by atoms with Crippen LogP contribution in [0.2, 0.25) is 5.15 Å². The number of carbonyl (C=O) groups is 1. The smallest absolute Gasteiger partial charge is 0.255 e. The molecule has 0 spiro atoms. The molecule has 1 amide bonds. The Morgan fingerprint density at radius 3 is 3.05 bits per heavy atom. The first kappa shape index (κ1) is 12.9. The van der Waals surface area contributed by atoms with Gasteiger partial charge >= 0.3 is 0 Å². The predicted octanol–water partition coefficient (Wildman–Crippen LogP) is 3.02. The number of para-hydroxylation sites is 1. The van der Waals surface area contributed by atoms with Gasteiger partial charge in [-0.25, -0.2) is 4.98 Å². The van der Waals surface area contributed by atoms with Gasteiger partial charge in [0.1, 0.15) is 11.2 Å². The highest BCUT2D eigenvalue weighted by Crippen LogP contribution is 2.25. The molecule has 2 heterocycles.